The number of alkyl halides is 6. The van der Waals surface area contributed by atoms with Gasteiger partial charge in [-0.1, -0.05) is 0 Å². The highest BCUT2D eigenvalue weighted by Gasteiger charge is 2.90. The fourth-order valence-electron chi connectivity index (χ4n) is 2.47. The summed E-state index contributed by atoms with van der Waals surface area (Å²) in [4.78, 5) is 0. The van der Waals surface area contributed by atoms with E-state index in [4.69, 9.17) is 5.73 Å². The molecule has 2 N–H and O–H groups in total. The molecule has 0 amide bonds. The van der Waals surface area contributed by atoms with Crippen LogP contribution in [0.2, 0.25) is 0 Å². The molecule has 2 bridgehead atoms. The van der Waals surface area contributed by atoms with E-state index in [9.17, 15) is 35.1 Å². The smallest absolute Gasteiger partial charge is 0.330 e. The standard InChI is InChI=1S/C9H7F8N/c10-4-5(11)7(13)3(2-18)1-6(4,12)8(14,15)9(7,16)17/h3H,1-2,18H2. The van der Waals surface area contributed by atoms with Crippen LogP contribution in [0.4, 0.5) is 35.1 Å². The van der Waals surface area contributed by atoms with E-state index in [1.807, 2.05) is 0 Å². The molecule has 0 heterocycles. The fourth-order valence-corrected chi connectivity index (χ4v) is 2.47. The lowest BCUT2D eigenvalue weighted by Gasteiger charge is -2.54. The molecule has 0 aromatic rings. The summed E-state index contributed by atoms with van der Waals surface area (Å²) in [6.45, 7) is -1.02. The normalized spacial score (nSPS) is 45.5. The van der Waals surface area contributed by atoms with Crippen molar-refractivity contribution in [3.8, 4) is 0 Å². The maximum absolute atomic E-state index is 13.9. The first-order valence-electron chi connectivity index (χ1n) is 4.88. The highest BCUT2D eigenvalue weighted by molar-refractivity contribution is 5.42. The van der Waals surface area contributed by atoms with Gasteiger partial charge in [-0.15, -0.1) is 0 Å². The molecule has 1 fully saturated rings. The van der Waals surface area contributed by atoms with Gasteiger partial charge in [-0.05, 0) is 6.54 Å². The van der Waals surface area contributed by atoms with Gasteiger partial charge in [0.2, 0.25) is 11.3 Å². The lowest BCUT2D eigenvalue weighted by molar-refractivity contribution is -0.355. The molecule has 3 aliphatic carbocycles. The molecule has 3 unspecified atom stereocenters. The Hall–Kier alpha value is -0.860. The van der Waals surface area contributed by atoms with Crippen molar-refractivity contribution in [2.75, 3.05) is 6.54 Å². The highest BCUT2D eigenvalue weighted by atomic mass is 19.3. The minimum atomic E-state index is -5.71. The first kappa shape index (κ1) is 13.6. The summed E-state index contributed by atoms with van der Waals surface area (Å²) in [5.74, 6) is -19.3. The average molecular weight is 281 g/mol. The molecular weight excluding hydrogens is 274 g/mol. The summed E-state index contributed by atoms with van der Waals surface area (Å²) < 4.78 is 107. The maximum Gasteiger partial charge on any atom is 0.353 e. The quantitative estimate of drug-likeness (QED) is 0.735. The molecule has 1 nitrogen and oxygen atoms in total. The summed E-state index contributed by atoms with van der Waals surface area (Å²) >= 11 is 0. The first-order chi connectivity index (χ1) is 7.98. The van der Waals surface area contributed by atoms with Crippen LogP contribution >= 0.6 is 0 Å². The zero-order valence-electron chi connectivity index (χ0n) is 8.59. The van der Waals surface area contributed by atoms with Crippen LogP contribution in [-0.2, 0) is 0 Å². The van der Waals surface area contributed by atoms with Gasteiger partial charge >= 0.3 is 11.8 Å². The van der Waals surface area contributed by atoms with Crippen LogP contribution in [0.15, 0.2) is 11.7 Å². The van der Waals surface area contributed by atoms with E-state index < -0.39 is 53.7 Å². The van der Waals surface area contributed by atoms with E-state index in [-0.39, 0.29) is 0 Å². The van der Waals surface area contributed by atoms with E-state index in [1.165, 1.54) is 0 Å². The molecule has 0 radical (unpaired) electrons. The van der Waals surface area contributed by atoms with Crippen LogP contribution < -0.4 is 5.73 Å². The van der Waals surface area contributed by atoms with Crippen LogP contribution in [-0.4, -0.2) is 29.7 Å². The molecule has 18 heavy (non-hydrogen) atoms. The van der Waals surface area contributed by atoms with Crippen molar-refractivity contribution in [3.05, 3.63) is 11.7 Å². The fraction of sp³-hybridized carbons (Fsp3) is 0.778. The Morgan fingerprint density at radius 3 is 1.89 bits per heavy atom. The molecule has 3 atom stereocenters. The van der Waals surface area contributed by atoms with Crippen molar-refractivity contribution < 1.29 is 35.1 Å². The second-order valence-corrected chi connectivity index (χ2v) is 4.43. The number of rotatable bonds is 1. The number of allylic oxidation sites excluding steroid dienone is 2. The van der Waals surface area contributed by atoms with Crippen molar-refractivity contribution in [2.45, 2.75) is 29.6 Å². The summed E-state index contributed by atoms with van der Waals surface area (Å²) in [6, 6.07) is 0. The van der Waals surface area contributed by atoms with E-state index in [2.05, 4.69) is 0 Å². The number of hydrogen-bond acceptors (Lipinski definition) is 1. The lowest BCUT2D eigenvalue weighted by atomic mass is 9.60. The SMILES string of the molecule is NCC1CC2(F)C(F)=C(F)C1(F)C(F)(F)C2(F)F. The van der Waals surface area contributed by atoms with E-state index >= 15 is 0 Å². The zero-order valence-corrected chi connectivity index (χ0v) is 8.59. The minimum Gasteiger partial charge on any atom is -0.330 e. The third kappa shape index (κ3) is 0.996. The van der Waals surface area contributed by atoms with Crippen LogP contribution in [0.5, 0.6) is 0 Å². The van der Waals surface area contributed by atoms with E-state index in [0.717, 1.165) is 0 Å². The molecule has 0 saturated heterocycles. The summed E-state index contributed by atoms with van der Waals surface area (Å²) in [5, 5.41) is 0. The van der Waals surface area contributed by atoms with Crippen molar-refractivity contribution in [1.29, 1.82) is 0 Å². The van der Waals surface area contributed by atoms with Crippen molar-refractivity contribution in [2.24, 2.45) is 11.7 Å². The molecular formula is C9H7F8N. The largest absolute Gasteiger partial charge is 0.353 e. The first-order valence-corrected chi connectivity index (χ1v) is 4.88. The minimum absolute atomic E-state index is 1.02. The van der Waals surface area contributed by atoms with Crippen LogP contribution in [0.1, 0.15) is 6.42 Å². The Labute approximate surface area is 95.6 Å². The van der Waals surface area contributed by atoms with Crippen molar-refractivity contribution >= 4 is 0 Å². The van der Waals surface area contributed by atoms with Crippen LogP contribution in [0.3, 0.4) is 0 Å². The Bertz CT molecular complexity index is 432. The Morgan fingerprint density at radius 1 is 0.944 bits per heavy atom. The monoisotopic (exact) mass is 281 g/mol. The maximum atomic E-state index is 13.9. The molecule has 0 aromatic carbocycles. The van der Waals surface area contributed by atoms with Crippen molar-refractivity contribution in [1.82, 2.24) is 0 Å². The second-order valence-electron chi connectivity index (χ2n) is 4.43. The van der Waals surface area contributed by atoms with Gasteiger partial charge in [-0.3, -0.25) is 0 Å². The predicted octanol–water partition coefficient (Wildman–Crippen LogP) is 2.82. The molecule has 9 heteroatoms. The van der Waals surface area contributed by atoms with Gasteiger partial charge in [0, 0.05) is 12.3 Å². The summed E-state index contributed by atoms with van der Waals surface area (Å²) in [6.07, 6.45) is -1.64. The van der Waals surface area contributed by atoms with Crippen LogP contribution in [0.25, 0.3) is 0 Å². The Morgan fingerprint density at radius 2 is 1.44 bits per heavy atom. The topological polar surface area (TPSA) is 26.0 Å². The van der Waals surface area contributed by atoms with Gasteiger partial charge in [-0.25, -0.2) is 17.6 Å². The van der Waals surface area contributed by atoms with Crippen molar-refractivity contribution in [3.63, 3.8) is 0 Å². The van der Waals surface area contributed by atoms with Gasteiger partial charge in [-0.2, -0.15) is 17.6 Å². The molecule has 104 valence electrons. The molecule has 0 aromatic heterocycles. The van der Waals surface area contributed by atoms with Gasteiger partial charge in [0.05, 0.1) is 0 Å². The van der Waals surface area contributed by atoms with E-state index in [0.29, 0.717) is 0 Å². The van der Waals surface area contributed by atoms with Gasteiger partial charge in [0.1, 0.15) is 0 Å². The molecule has 0 aliphatic heterocycles. The number of fused-ring (bicyclic) bond motifs is 2. The summed E-state index contributed by atoms with van der Waals surface area (Å²) in [7, 11) is 0. The lowest BCUT2D eigenvalue weighted by Crippen LogP contribution is -2.76. The summed E-state index contributed by atoms with van der Waals surface area (Å²) in [5.41, 5.74) is -4.34. The number of hydrogen-bond donors (Lipinski definition) is 1. The number of halogens is 8. The third-order valence-corrected chi connectivity index (χ3v) is 3.58. The highest BCUT2D eigenvalue weighted by Crippen LogP contribution is 2.69. The molecule has 3 rings (SSSR count). The Kier molecular flexibility index (Phi) is 2.39. The Balaban J connectivity index is 2.81. The van der Waals surface area contributed by atoms with Gasteiger partial charge < -0.3 is 5.73 Å². The van der Waals surface area contributed by atoms with Crippen LogP contribution in [0, 0.1) is 5.92 Å². The van der Waals surface area contributed by atoms with Gasteiger partial charge in [0.25, 0.3) is 0 Å². The van der Waals surface area contributed by atoms with Gasteiger partial charge in [0.15, 0.2) is 11.7 Å². The second kappa shape index (κ2) is 3.17. The molecule has 0 spiro atoms. The average Bonchev–Trinajstić information content (AvgIpc) is 2.28. The van der Waals surface area contributed by atoms with E-state index in [1.54, 1.807) is 0 Å². The zero-order chi connectivity index (χ0) is 14.1. The molecule has 3 aliphatic rings. The number of nitrogens with two attached hydrogens (primary N) is 1. The molecule has 1 saturated carbocycles. The third-order valence-electron chi connectivity index (χ3n) is 3.58. The predicted molar refractivity (Wildman–Crippen MR) is 44.0 cm³/mol.